The van der Waals surface area contributed by atoms with Crippen LogP contribution < -0.4 is 10.6 Å². The lowest BCUT2D eigenvalue weighted by molar-refractivity contribution is 0.205. The molecular formula is C12H17N5OS. The Morgan fingerprint density at radius 1 is 1.47 bits per heavy atom. The van der Waals surface area contributed by atoms with Gasteiger partial charge in [-0.2, -0.15) is 5.10 Å². The molecule has 0 aromatic carbocycles. The molecule has 2 aromatic rings. The zero-order valence-corrected chi connectivity index (χ0v) is 11.6. The molecule has 2 rings (SSSR count). The highest BCUT2D eigenvalue weighted by Gasteiger charge is 2.12. The summed E-state index contributed by atoms with van der Waals surface area (Å²) in [5.41, 5.74) is 6.54. The van der Waals surface area contributed by atoms with Crippen molar-refractivity contribution >= 4 is 28.5 Å². The van der Waals surface area contributed by atoms with E-state index in [0.29, 0.717) is 18.0 Å². The first-order valence-corrected chi connectivity index (χ1v) is 6.43. The number of nitrogens with two attached hydrogens (primary N) is 1. The zero-order chi connectivity index (χ0) is 13.7. The van der Waals surface area contributed by atoms with Gasteiger partial charge in [0.25, 0.3) is 0 Å². The van der Waals surface area contributed by atoms with Crippen molar-refractivity contribution in [2.45, 2.75) is 6.42 Å². The number of rotatable bonds is 7. The first kappa shape index (κ1) is 13.7. The fourth-order valence-corrected chi connectivity index (χ4v) is 1.95. The van der Waals surface area contributed by atoms with Crippen LogP contribution in [0.15, 0.2) is 24.7 Å². The van der Waals surface area contributed by atoms with Gasteiger partial charge in [-0.05, 0) is 6.07 Å². The summed E-state index contributed by atoms with van der Waals surface area (Å²) < 4.78 is 6.93. The summed E-state index contributed by atoms with van der Waals surface area (Å²) in [5, 5.41) is 4.21. The van der Waals surface area contributed by atoms with Crippen LogP contribution in [-0.4, -0.2) is 46.4 Å². The summed E-state index contributed by atoms with van der Waals surface area (Å²) in [4.78, 5) is 7.05. The molecule has 0 aliphatic rings. The first-order valence-electron chi connectivity index (χ1n) is 6.03. The summed E-state index contributed by atoms with van der Waals surface area (Å²) in [6.45, 7) is 2.07. The number of thiocarbonyl (C=S) groups is 1. The van der Waals surface area contributed by atoms with Gasteiger partial charge >= 0.3 is 0 Å². The van der Waals surface area contributed by atoms with E-state index < -0.39 is 0 Å². The summed E-state index contributed by atoms with van der Waals surface area (Å²) in [7, 11) is 1.68. The van der Waals surface area contributed by atoms with Gasteiger partial charge in [0, 0.05) is 39.0 Å². The van der Waals surface area contributed by atoms with Crippen LogP contribution in [0.3, 0.4) is 0 Å². The van der Waals surface area contributed by atoms with E-state index in [9.17, 15) is 0 Å². The van der Waals surface area contributed by atoms with Crippen LogP contribution in [0.25, 0.3) is 5.52 Å². The van der Waals surface area contributed by atoms with Gasteiger partial charge in [0.1, 0.15) is 5.52 Å². The number of ether oxygens (including phenoxy) is 1. The molecule has 0 aliphatic carbocycles. The number of hydrogen-bond acceptors (Lipinski definition) is 5. The Balaban J connectivity index is 2.25. The molecule has 0 saturated heterocycles. The van der Waals surface area contributed by atoms with Crippen LogP contribution in [0.4, 0.5) is 5.82 Å². The Morgan fingerprint density at radius 3 is 3.05 bits per heavy atom. The molecule has 2 N–H and O–H groups in total. The maximum atomic E-state index is 5.58. The number of anilines is 1. The lowest BCUT2D eigenvalue weighted by Crippen LogP contribution is -2.31. The molecule has 102 valence electrons. The van der Waals surface area contributed by atoms with E-state index >= 15 is 0 Å². The molecular weight excluding hydrogens is 262 g/mol. The molecule has 0 spiro atoms. The van der Waals surface area contributed by atoms with E-state index in [-0.39, 0.29) is 0 Å². The van der Waals surface area contributed by atoms with Crippen LogP contribution in [0.1, 0.15) is 6.42 Å². The highest BCUT2D eigenvalue weighted by atomic mass is 32.1. The van der Waals surface area contributed by atoms with Gasteiger partial charge in [0.15, 0.2) is 5.82 Å². The predicted octanol–water partition coefficient (Wildman–Crippen LogP) is 0.858. The van der Waals surface area contributed by atoms with Gasteiger partial charge in [-0.25, -0.2) is 9.50 Å². The van der Waals surface area contributed by atoms with Crippen molar-refractivity contribution in [2.75, 3.05) is 31.7 Å². The standard InChI is InChI=1S/C12H17N5OS/c1-18-9-8-16(6-3-11(13)19)12-10-2-4-15-17(10)7-5-14-12/h2,4-5,7H,3,6,8-9H2,1H3,(H2,13,19). The van der Waals surface area contributed by atoms with Crippen molar-refractivity contribution in [3.63, 3.8) is 0 Å². The van der Waals surface area contributed by atoms with Crippen molar-refractivity contribution in [2.24, 2.45) is 5.73 Å². The first-order chi connectivity index (χ1) is 9.22. The second kappa shape index (κ2) is 6.44. The number of methoxy groups -OCH3 is 1. The largest absolute Gasteiger partial charge is 0.393 e. The Morgan fingerprint density at radius 2 is 2.32 bits per heavy atom. The summed E-state index contributed by atoms with van der Waals surface area (Å²) in [6, 6.07) is 1.93. The van der Waals surface area contributed by atoms with E-state index in [4.69, 9.17) is 22.7 Å². The molecule has 0 atom stereocenters. The Hall–Kier alpha value is -1.73. The lowest BCUT2D eigenvalue weighted by atomic mass is 10.3. The minimum atomic E-state index is 0.503. The third kappa shape index (κ3) is 3.39. The highest BCUT2D eigenvalue weighted by molar-refractivity contribution is 7.80. The second-order valence-electron chi connectivity index (χ2n) is 4.11. The molecule has 0 radical (unpaired) electrons. The average molecular weight is 279 g/mol. The molecule has 0 saturated carbocycles. The van der Waals surface area contributed by atoms with Gasteiger partial charge in [0.2, 0.25) is 0 Å². The molecule has 0 unspecified atom stereocenters. The fourth-order valence-electron chi connectivity index (χ4n) is 1.86. The average Bonchev–Trinajstić information content (AvgIpc) is 2.87. The van der Waals surface area contributed by atoms with Gasteiger partial charge in [-0.3, -0.25) is 0 Å². The van der Waals surface area contributed by atoms with Crippen LogP contribution in [0.2, 0.25) is 0 Å². The predicted molar refractivity (Wildman–Crippen MR) is 78.5 cm³/mol. The second-order valence-corrected chi connectivity index (χ2v) is 4.63. The maximum absolute atomic E-state index is 5.58. The SMILES string of the molecule is COCCN(CCC(N)=S)c1nccn2nccc12. The van der Waals surface area contributed by atoms with E-state index in [1.807, 2.05) is 12.3 Å². The summed E-state index contributed by atoms with van der Waals surface area (Å²) >= 11 is 4.94. The summed E-state index contributed by atoms with van der Waals surface area (Å²) in [6.07, 6.45) is 5.95. The van der Waals surface area contributed by atoms with Crippen LogP contribution in [0.5, 0.6) is 0 Å². The lowest BCUT2D eigenvalue weighted by Gasteiger charge is -2.23. The number of hydrogen-bond donors (Lipinski definition) is 1. The minimum absolute atomic E-state index is 0.503. The highest BCUT2D eigenvalue weighted by Crippen LogP contribution is 2.18. The van der Waals surface area contributed by atoms with E-state index in [0.717, 1.165) is 24.4 Å². The quantitative estimate of drug-likeness (QED) is 0.758. The molecule has 19 heavy (non-hydrogen) atoms. The van der Waals surface area contributed by atoms with Crippen LogP contribution in [0, 0.1) is 0 Å². The molecule has 0 amide bonds. The van der Waals surface area contributed by atoms with Crippen LogP contribution in [-0.2, 0) is 4.74 Å². The molecule has 0 bridgehead atoms. The third-order valence-electron chi connectivity index (χ3n) is 2.80. The van der Waals surface area contributed by atoms with Crippen molar-refractivity contribution in [3.8, 4) is 0 Å². The number of nitrogens with zero attached hydrogens (tertiary/aromatic N) is 4. The van der Waals surface area contributed by atoms with Gasteiger partial charge in [-0.15, -0.1) is 0 Å². The van der Waals surface area contributed by atoms with Gasteiger partial charge in [-0.1, -0.05) is 12.2 Å². The normalized spacial score (nSPS) is 10.8. The molecule has 7 heteroatoms. The Bertz CT molecular complexity index is 556. The van der Waals surface area contributed by atoms with E-state index in [2.05, 4.69) is 15.0 Å². The van der Waals surface area contributed by atoms with E-state index in [1.165, 1.54) is 0 Å². The van der Waals surface area contributed by atoms with Crippen molar-refractivity contribution < 1.29 is 4.74 Å². The van der Waals surface area contributed by atoms with Crippen molar-refractivity contribution in [1.29, 1.82) is 0 Å². The molecule has 0 fully saturated rings. The van der Waals surface area contributed by atoms with Gasteiger partial charge < -0.3 is 15.4 Å². The van der Waals surface area contributed by atoms with Crippen molar-refractivity contribution in [1.82, 2.24) is 14.6 Å². The minimum Gasteiger partial charge on any atom is -0.393 e. The maximum Gasteiger partial charge on any atom is 0.154 e. The molecule has 2 aromatic heterocycles. The zero-order valence-electron chi connectivity index (χ0n) is 10.8. The smallest absolute Gasteiger partial charge is 0.154 e. The van der Waals surface area contributed by atoms with Crippen LogP contribution >= 0.6 is 12.2 Å². The number of aromatic nitrogens is 3. The fraction of sp³-hybridized carbons (Fsp3) is 0.417. The summed E-state index contributed by atoms with van der Waals surface area (Å²) in [5.74, 6) is 0.869. The van der Waals surface area contributed by atoms with Gasteiger partial charge in [0.05, 0.1) is 17.8 Å². The van der Waals surface area contributed by atoms with E-state index in [1.54, 1.807) is 24.0 Å². The molecule has 2 heterocycles. The Labute approximate surface area is 117 Å². The molecule has 6 nitrogen and oxygen atoms in total. The monoisotopic (exact) mass is 279 g/mol. The third-order valence-corrected chi connectivity index (χ3v) is 3.00. The number of fused-ring (bicyclic) bond motifs is 1. The van der Waals surface area contributed by atoms with Crippen molar-refractivity contribution in [3.05, 3.63) is 24.7 Å². The molecule has 0 aliphatic heterocycles. The Kier molecular flexibility index (Phi) is 4.64. The topological polar surface area (TPSA) is 68.7 Å².